The van der Waals surface area contributed by atoms with Crippen molar-refractivity contribution in [3.63, 3.8) is 0 Å². The van der Waals surface area contributed by atoms with Gasteiger partial charge in [0.2, 0.25) is 11.7 Å². The van der Waals surface area contributed by atoms with Gasteiger partial charge < -0.3 is 14.2 Å². The molecule has 0 saturated heterocycles. The number of carbonyl (C=O) groups excluding carboxylic acids is 1. The Kier molecular flexibility index (Phi) is 6.95. The lowest BCUT2D eigenvalue weighted by Gasteiger charge is -2.25. The molecule has 0 aliphatic heterocycles. The van der Waals surface area contributed by atoms with Gasteiger partial charge in [0.25, 0.3) is 0 Å². The third kappa shape index (κ3) is 5.53. The Morgan fingerprint density at radius 2 is 1.96 bits per heavy atom. The van der Waals surface area contributed by atoms with Crippen molar-refractivity contribution in [2.75, 3.05) is 20.3 Å². The van der Waals surface area contributed by atoms with E-state index >= 15 is 0 Å². The summed E-state index contributed by atoms with van der Waals surface area (Å²) >= 11 is 0. The summed E-state index contributed by atoms with van der Waals surface area (Å²) < 4.78 is 47.0. The Balaban J connectivity index is 2.12. The Labute approximate surface area is 155 Å². The van der Waals surface area contributed by atoms with Gasteiger partial charge in [-0.05, 0) is 12.0 Å². The van der Waals surface area contributed by atoms with Gasteiger partial charge in [0.1, 0.15) is 0 Å². The lowest BCUT2D eigenvalue weighted by atomic mass is 10.1. The molecule has 6 nitrogen and oxygen atoms in total. The van der Waals surface area contributed by atoms with Crippen LogP contribution in [0.1, 0.15) is 31.7 Å². The van der Waals surface area contributed by atoms with Gasteiger partial charge in [-0.1, -0.05) is 43.3 Å². The molecule has 0 radical (unpaired) electrons. The number of carbonyl (C=O) groups is 1. The van der Waals surface area contributed by atoms with Gasteiger partial charge in [0, 0.05) is 31.7 Å². The molecule has 0 saturated carbocycles. The number of hydrogen-bond donors (Lipinski definition) is 0. The van der Waals surface area contributed by atoms with Crippen molar-refractivity contribution < 1.29 is 27.2 Å². The summed E-state index contributed by atoms with van der Waals surface area (Å²) in [6.45, 7) is 5.09. The van der Waals surface area contributed by atoms with Crippen molar-refractivity contribution in [3.05, 3.63) is 35.7 Å². The molecule has 9 heteroatoms. The van der Waals surface area contributed by atoms with Crippen LogP contribution in [0.15, 0.2) is 28.8 Å². The zero-order valence-electron chi connectivity index (χ0n) is 15.4. The van der Waals surface area contributed by atoms with Gasteiger partial charge in [-0.3, -0.25) is 4.79 Å². The van der Waals surface area contributed by atoms with Crippen LogP contribution in [-0.4, -0.2) is 41.2 Å². The van der Waals surface area contributed by atoms with E-state index < -0.39 is 12.1 Å². The highest BCUT2D eigenvalue weighted by Gasteiger charge is 2.38. The first-order valence-corrected chi connectivity index (χ1v) is 8.54. The second kappa shape index (κ2) is 8.98. The maximum atomic E-state index is 12.6. The van der Waals surface area contributed by atoms with Crippen LogP contribution in [0.2, 0.25) is 0 Å². The van der Waals surface area contributed by atoms with Gasteiger partial charge in [-0.25, -0.2) is 0 Å². The van der Waals surface area contributed by atoms with Gasteiger partial charge in [-0.15, -0.1) is 0 Å². The van der Waals surface area contributed by atoms with E-state index in [4.69, 9.17) is 4.74 Å². The summed E-state index contributed by atoms with van der Waals surface area (Å²) in [6.07, 6.45) is -3.94. The maximum Gasteiger partial charge on any atom is 0.471 e. The molecule has 0 aliphatic rings. The standard InChI is InChI=1S/C18H22F3N3O3/c1-4-12(2)16(25)24(9-10-26-3)11-13-5-7-14(8-6-13)15-22-17(27-23-15)18(19,20)21/h5-8,12H,4,9-11H2,1-3H3. The molecular weight excluding hydrogens is 363 g/mol. The number of nitrogens with zero attached hydrogens (tertiary/aromatic N) is 3. The van der Waals surface area contributed by atoms with E-state index in [1.807, 2.05) is 13.8 Å². The van der Waals surface area contributed by atoms with Crippen molar-refractivity contribution in [2.45, 2.75) is 33.0 Å². The summed E-state index contributed by atoms with van der Waals surface area (Å²) in [6, 6.07) is 6.65. The first-order valence-electron chi connectivity index (χ1n) is 8.54. The molecule has 1 aromatic heterocycles. The summed E-state index contributed by atoms with van der Waals surface area (Å²) in [7, 11) is 1.57. The summed E-state index contributed by atoms with van der Waals surface area (Å²) in [5.41, 5.74) is 1.24. The number of halogens is 3. The predicted molar refractivity (Wildman–Crippen MR) is 91.5 cm³/mol. The molecule has 1 heterocycles. The average Bonchev–Trinajstić information content (AvgIpc) is 3.15. The maximum absolute atomic E-state index is 12.6. The zero-order valence-corrected chi connectivity index (χ0v) is 15.4. The van der Waals surface area contributed by atoms with Gasteiger partial charge >= 0.3 is 12.1 Å². The second-order valence-electron chi connectivity index (χ2n) is 6.18. The van der Waals surface area contributed by atoms with E-state index in [0.29, 0.717) is 25.3 Å². The van der Waals surface area contributed by atoms with Crippen LogP contribution in [0.3, 0.4) is 0 Å². The largest absolute Gasteiger partial charge is 0.471 e. The molecule has 1 atom stereocenters. The summed E-state index contributed by atoms with van der Waals surface area (Å²) in [5.74, 6) is -1.58. The van der Waals surface area contributed by atoms with Crippen molar-refractivity contribution in [2.24, 2.45) is 5.92 Å². The fourth-order valence-corrected chi connectivity index (χ4v) is 2.39. The molecule has 0 aliphatic carbocycles. The lowest BCUT2D eigenvalue weighted by molar-refractivity contribution is -0.159. The molecule has 2 rings (SSSR count). The molecule has 1 aromatic carbocycles. The van der Waals surface area contributed by atoms with Crippen LogP contribution in [0.25, 0.3) is 11.4 Å². The number of benzene rings is 1. The van der Waals surface area contributed by atoms with Crippen LogP contribution in [0.4, 0.5) is 13.2 Å². The highest BCUT2D eigenvalue weighted by atomic mass is 19.4. The fourth-order valence-electron chi connectivity index (χ4n) is 2.39. The smallest absolute Gasteiger partial charge is 0.383 e. The Morgan fingerprint density at radius 3 is 2.48 bits per heavy atom. The number of amides is 1. The number of methoxy groups -OCH3 is 1. The Hall–Kier alpha value is -2.42. The van der Waals surface area contributed by atoms with E-state index in [0.717, 1.165) is 12.0 Å². The van der Waals surface area contributed by atoms with E-state index in [1.165, 1.54) is 0 Å². The first-order chi connectivity index (χ1) is 12.8. The molecule has 1 unspecified atom stereocenters. The Bertz CT molecular complexity index is 744. The van der Waals surface area contributed by atoms with E-state index in [1.54, 1.807) is 36.3 Å². The SMILES string of the molecule is CCC(C)C(=O)N(CCOC)Cc1ccc(-c2noc(C(F)(F)F)n2)cc1. The molecule has 0 fully saturated rings. The molecule has 0 bridgehead atoms. The Morgan fingerprint density at radius 1 is 1.30 bits per heavy atom. The van der Waals surface area contributed by atoms with Crippen molar-refractivity contribution in [1.29, 1.82) is 0 Å². The van der Waals surface area contributed by atoms with E-state index in [2.05, 4.69) is 14.7 Å². The normalized spacial score (nSPS) is 12.8. The minimum atomic E-state index is -4.68. The molecule has 2 aromatic rings. The summed E-state index contributed by atoms with van der Waals surface area (Å²) in [5, 5.41) is 3.36. The third-order valence-corrected chi connectivity index (χ3v) is 4.17. The topological polar surface area (TPSA) is 68.5 Å². The zero-order chi connectivity index (χ0) is 20.0. The minimum Gasteiger partial charge on any atom is -0.383 e. The molecular formula is C18H22F3N3O3. The van der Waals surface area contributed by atoms with Gasteiger partial charge in [-0.2, -0.15) is 18.2 Å². The number of ether oxygens (including phenoxy) is 1. The predicted octanol–water partition coefficient (Wildman–Crippen LogP) is 3.78. The van der Waals surface area contributed by atoms with Crippen LogP contribution < -0.4 is 0 Å². The molecule has 0 N–H and O–H groups in total. The third-order valence-electron chi connectivity index (χ3n) is 4.17. The van der Waals surface area contributed by atoms with Crippen LogP contribution in [-0.2, 0) is 22.3 Å². The quantitative estimate of drug-likeness (QED) is 0.692. The van der Waals surface area contributed by atoms with Crippen LogP contribution in [0, 0.1) is 5.92 Å². The lowest BCUT2D eigenvalue weighted by Crippen LogP contribution is -2.36. The minimum absolute atomic E-state index is 0.0339. The molecule has 0 spiro atoms. The monoisotopic (exact) mass is 385 g/mol. The van der Waals surface area contributed by atoms with Crippen molar-refractivity contribution >= 4 is 5.91 Å². The fraction of sp³-hybridized carbons (Fsp3) is 0.500. The van der Waals surface area contributed by atoms with Gasteiger partial charge in [0.05, 0.1) is 6.61 Å². The second-order valence-corrected chi connectivity index (χ2v) is 6.18. The average molecular weight is 385 g/mol. The highest BCUT2D eigenvalue weighted by Crippen LogP contribution is 2.29. The number of hydrogen-bond acceptors (Lipinski definition) is 5. The highest BCUT2D eigenvalue weighted by molar-refractivity contribution is 5.78. The molecule has 148 valence electrons. The van der Waals surface area contributed by atoms with Crippen LogP contribution in [0.5, 0.6) is 0 Å². The van der Waals surface area contributed by atoms with E-state index in [9.17, 15) is 18.0 Å². The van der Waals surface area contributed by atoms with Crippen molar-refractivity contribution in [3.8, 4) is 11.4 Å². The molecule has 1 amide bonds. The van der Waals surface area contributed by atoms with Crippen molar-refractivity contribution in [1.82, 2.24) is 15.0 Å². The first kappa shape index (κ1) is 20.9. The van der Waals surface area contributed by atoms with Gasteiger partial charge in [0.15, 0.2) is 0 Å². The number of alkyl halides is 3. The van der Waals surface area contributed by atoms with Crippen LogP contribution >= 0.6 is 0 Å². The summed E-state index contributed by atoms with van der Waals surface area (Å²) in [4.78, 5) is 17.6. The number of aromatic nitrogens is 2. The number of rotatable bonds is 8. The van der Waals surface area contributed by atoms with E-state index in [-0.39, 0.29) is 17.6 Å². The molecule has 27 heavy (non-hydrogen) atoms.